The molecule has 0 nitrogen and oxygen atoms in total. The van der Waals surface area contributed by atoms with E-state index in [0.29, 0.717) is 0 Å². The molecule has 0 saturated heterocycles. The van der Waals surface area contributed by atoms with Gasteiger partial charge in [-0.2, -0.15) is 0 Å². The Hall–Kier alpha value is -1.30. The van der Waals surface area contributed by atoms with Crippen molar-refractivity contribution in [3.8, 4) is 0 Å². The Balaban J connectivity index is 1.63. The first-order valence-electron chi connectivity index (χ1n) is 12.3. The maximum atomic E-state index is 2.38. The van der Waals surface area contributed by atoms with Crippen molar-refractivity contribution in [2.45, 2.75) is 116 Å². The van der Waals surface area contributed by atoms with E-state index < -0.39 is 0 Å². The largest absolute Gasteiger partial charge is 0.0654 e. The molecule has 1 atom stereocenters. The van der Waals surface area contributed by atoms with Crippen LogP contribution in [0.3, 0.4) is 0 Å². The molecule has 28 heavy (non-hydrogen) atoms. The Morgan fingerprint density at radius 3 is 1.75 bits per heavy atom. The van der Waals surface area contributed by atoms with E-state index in [0.717, 1.165) is 5.92 Å². The number of hydrogen-bond acceptors (Lipinski definition) is 0. The number of fused-ring (bicyclic) bond motifs is 1. The Kier molecular flexibility index (Phi) is 12.0. The Labute approximate surface area is 175 Å². The van der Waals surface area contributed by atoms with Gasteiger partial charge < -0.3 is 0 Å². The highest BCUT2D eigenvalue weighted by molar-refractivity contribution is 5.86. The topological polar surface area (TPSA) is 0 Å². The van der Waals surface area contributed by atoms with E-state index in [1.165, 1.54) is 107 Å². The average Bonchev–Trinajstić information content (AvgIpc) is 2.73. The van der Waals surface area contributed by atoms with Crippen LogP contribution < -0.4 is 0 Å². The minimum absolute atomic E-state index is 0.735. The molecule has 156 valence electrons. The third-order valence-corrected chi connectivity index (χ3v) is 6.31. The van der Waals surface area contributed by atoms with Crippen LogP contribution in [0, 0.1) is 0 Å². The zero-order valence-corrected chi connectivity index (χ0v) is 18.7. The summed E-state index contributed by atoms with van der Waals surface area (Å²) < 4.78 is 0. The molecule has 0 saturated carbocycles. The summed E-state index contributed by atoms with van der Waals surface area (Å²) in [6, 6.07) is 15.8. The van der Waals surface area contributed by atoms with Crippen molar-refractivity contribution in [2.75, 3.05) is 0 Å². The van der Waals surface area contributed by atoms with Gasteiger partial charge in [-0.1, -0.05) is 140 Å². The summed E-state index contributed by atoms with van der Waals surface area (Å²) in [6.07, 6.45) is 21.2. The standard InChI is InChI=1S/C28H44/c1-3-5-6-7-8-9-10-11-12-13-14-15-20-25(19-4-2)28-24-18-22-26-21-16-17-23-27(26)28/h16-18,21-25H,3-15,19-20H2,1-2H3. The second-order valence-electron chi connectivity index (χ2n) is 8.73. The quantitative estimate of drug-likeness (QED) is 0.254. The molecule has 2 aromatic rings. The van der Waals surface area contributed by atoms with Gasteiger partial charge >= 0.3 is 0 Å². The Bertz CT molecular complexity index is 621. The van der Waals surface area contributed by atoms with Crippen molar-refractivity contribution in [3.63, 3.8) is 0 Å². The van der Waals surface area contributed by atoms with Crippen molar-refractivity contribution >= 4 is 10.8 Å². The maximum Gasteiger partial charge on any atom is -0.0149 e. The van der Waals surface area contributed by atoms with E-state index in [-0.39, 0.29) is 0 Å². The van der Waals surface area contributed by atoms with Gasteiger partial charge in [0.15, 0.2) is 0 Å². The van der Waals surface area contributed by atoms with Crippen LogP contribution in [0.25, 0.3) is 10.8 Å². The predicted octanol–water partition coefficient (Wildman–Crippen LogP) is 9.81. The van der Waals surface area contributed by atoms with Crippen molar-refractivity contribution in [1.82, 2.24) is 0 Å². The summed E-state index contributed by atoms with van der Waals surface area (Å²) in [5.41, 5.74) is 1.59. The number of rotatable bonds is 16. The molecule has 1 unspecified atom stereocenters. The van der Waals surface area contributed by atoms with Crippen molar-refractivity contribution < 1.29 is 0 Å². The zero-order chi connectivity index (χ0) is 19.9. The Morgan fingerprint density at radius 2 is 1.11 bits per heavy atom. The molecule has 0 aliphatic rings. The molecule has 0 aliphatic heterocycles. The molecule has 0 aromatic heterocycles. The summed E-state index contributed by atoms with van der Waals surface area (Å²) in [4.78, 5) is 0. The van der Waals surface area contributed by atoms with Crippen LogP contribution in [-0.2, 0) is 0 Å². The lowest BCUT2D eigenvalue weighted by Crippen LogP contribution is -2.00. The van der Waals surface area contributed by atoms with Crippen molar-refractivity contribution in [3.05, 3.63) is 48.0 Å². The molecule has 0 bridgehead atoms. The second-order valence-corrected chi connectivity index (χ2v) is 8.73. The Morgan fingerprint density at radius 1 is 0.536 bits per heavy atom. The minimum Gasteiger partial charge on any atom is -0.0654 e. The van der Waals surface area contributed by atoms with E-state index in [1.807, 2.05) is 0 Å². The van der Waals surface area contributed by atoms with Crippen molar-refractivity contribution in [1.29, 1.82) is 0 Å². The first-order valence-corrected chi connectivity index (χ1v) is 12.3. The van der Waals surface area contributed by atoms with Gasteiger partial charge in [0.25, 0.3) is 0 Å². The summed E-state index contributed by atoms with van der Waals surface area (Å²) in [5, 5.41) is 2.87. The summed E-state index contributed by atoms with van der Waals surface area (Å²) >= 11 is 0. The van der Waals surface area contributed by atoms with Gasteiger partial charge in [0.1, 0.15) is 0 Å². The van der Waals surface area contributed by atoms with E-state index in [2.05, 4.69) is 56.3 Å². The lowest BCUT2D eigenvalue weighted by molar-refractivity contribution is 0.505. The van der Waals surface area contributed by atoms with Crippen LogP contribution in [0.1, 0.15) is 122 Å². The minimum atomic E-state index is 0.735. The van der Waals surface area contributed by atoms with Crippen LogP contribution in [0.5, 0.6) is 0 Å². The van der Waals surface area contributed by atoms with Crippen LogP contribution in [-0.4, -0.2) is 0 Å². The molecular weight excluding hydrogens is 336 g/mol. The molecule has 2 aromatic carbocycles. The van der Waals surface area contributed by atoms with Gasteiger partial charge in [0.2, 0.25) is 0 Å². The van der Waals surface area contributed by atoms with Gasteiger partial charge in [-0.05, 0) is 35.1 Å². The molecule has 0 heteroatoms. The van der Waals surface area contributed by atoms with Gasteiger partial charge in [0.05, 0.1) is 0 Å². The van der Waals surface area contributed by atoms with Gasteiger partial charge in [-0.25, -0.2) is 0 Å². The molecule has 0 fully saturated rings. The van der Waals surface area contributed by atoms with Crippen LogP contribution in [0.15, 0.2) is 42.5 Å². The highest BCUT2D eigenvalue weighted by Crippen LogP contribution is 2.32. The van der Waals surface area contributed by atoms with Gasteiger partial charge in [0, 0.05) is 0 Å². The molecule has 0 amide bonds. The van der Waals surface area contributed by atoms with Crippen LogP contribution >= 0.6 is 0 Å². The lowest BCUT2D eigenvalue weighted by atomic mass is 9.86. The van der Waals surface area contributed by atoms with Crippen LogP contribution in [0.2, 0.25) is 0 Å². The molecule has 2 rings (SSSR count). The van der Waals surface area contributed by atoms with Crippen molar-refractivity contribution in [2.24, 2.45) is 0 Å². The molecular formula is C28H44. The summed E-state index contributed by atoms with van der Waals surface area (Å²) in [6.45, 7) is 4.63. The summed E-state index contributed by atoms with van der Waals surface area (Å²) in [7, 11) is 0. The van der Waals surface area contributed by atoms with E-state index in [9.17, 15) is 0 Å². The fraction of sp³-hybridized carbons (Fsp3) is 0.643. The first-order chi connectivity index (χ1) is 13.9. The molecule has 0 heterocycles. The molecule has 0 radical (unpaired) electrons. The molecule has 0 spiro atoms. The third-order valence-electron chi connectivity index (χ3n) is 6.31. The normalized spacial score (nSPS) is 12.5. The highest BCUT2D eigenvalue weighted by Gasteiger charge is 2.13. The smallest absolute Gasteiger partial charge is 0.0149 e. The lowest BCUT2D eigenvalue weighted by Gasteiger charge is -2.19. The fourth-order valence-corrected chi connectivity index (χ4v) is 4.64. The first kappa shape index (κ1) is 23.0. The monoisotopic (exact) mass is 380 g/mol. The van der Waals surface area contributed by atoms with E-state index in [4.69, 9.17) is 0 Å². The highest BCUT2D eigenvalue weighted by atomic mass is 14.2. The molecule has 0 aliphatic carbocycles. The summed E-state index contributed by atoms with van der Waals surface area (Å²) in [5.74, 6) is 0.735. The van der Waals surface area contributed by atoms with Gasteiger partial charge in [-0.3, -0.25) is 0 Å². The number of unbranched alkanes of at least 4 members (excludes halogenated alkanes) is 11. The average molecular weight is 381 g/mol. The predicted molar refractivity (Wildman–Crippen MR) is 127 cm³/mol. The fourth-order valence-electron chi connectivity index (χ4n) is 4.64. The number of hydrogen-bond donors (Lipinski definition) is 0. The molecule has 0 N–H and O–H groups in total. The van der Waals surface area contributed by atoms with E-state index >= 15 is 0 Å². The third kappa shape index (κ3) is 8.38. The zero-order valence-electron chi connectivity index (χ0n) is 18.7. The number of benzene rings is 2. The second kappa shape index (κ2) is 14.7. The van der Waals surface area contributed by atoms with Gasteiger partial charge in [-0.15, -0.1) is 0 Å². The maximum absolute atomic E-state index is 2.38. The SMILES string of the molecule is CCCCCCCCCCCCCCC(CCC)c1cccc2ccccc12. The van der Waals surface area contributed by atoms with E-state index in [1.54, 1.807) is 5.56 Å². The van der Waals surface area contributed by atoms with Crippen LogP contribution in [0.4, 0.5) is 0 Å².